The lowest BCUT2D eigenvalue weighted by atomic mass is 10.1. The van der Waals surface area contributed by atoms with E-state index >= 15 is 0 Å². The Hall–Kier alpha value is -1.80. The van der Waals surface area contributed by atoms with Crippen LogP contribution >= 0.6 is 23.2 Å². The average Bonchev–Trinajstić information content (AvgIpc) is 3.42. The quantitative estimate of drug-likeness (QED) is 0.659. The number of sulfonamides is 1. The highest BCUT2D eigenvalue weighted by Crippen LogP contribution is 2.27. The van der Waals surface area contributed by atoms with Crippen molar-refractivity contribution in [1.82, 2.24) is 9.80 Å². The van der Waals surface area contributed by atoms with Crippen LogP contribution in [0, 0.1) is 0 Å². The van der Waals surface area contributed by atoms with E-state index in [0.717, 1.165) is 39.0 Å². The molecule has 31 heavy (non-hydrogen) atoms. The van der Waals surface area contributed by atoms with E-state index in [0.29, 0.717) is 11.3 Å². The normalized spacial score (nSPS) is 19.7. The van der Waals surface area contributed by atoms with Gasteiger partial charge in [-0.3, -0.25) is 9.52 Å². The first-order valence-corrected chi connectivity index (χ1v) is 12.7. The minimum absolute atomic E-state index is 0.00557. The van der Waals surface area contributed by atoms with Gasteiger partial charge >= 0.3 is 0 Å². The highest BCUT2D eigenvalue weighted by atomic mass is 35.5. The molecule has 0 saturated carbocycles. The Morgan fingerprint density at radius 2 is 1.71 bits per heavy atom. The van der Waals surface area contributed by atoms with E-state index in [1.807, 2.05) is 4.90 Å². The van der Waals surface area contributed by atoms with E-state index < -0.39 is 10.0 Å². The van der Waals surface area contributed by atoms with Gasteiger partial charge in [-0.05, 0) is 81.2 Å². The van der Waals surface area contributed by atoms with Gasteiger partial charge in [0.2, 0.25) is 0 Å². The maximum atomic E-state index is 13.1. The summed E-state index contributed by atoms with van der Waals surface area (Å²) in [6.07, 6.45) is 4.51. The molecule has 1 amide bonds. The molecule has 2 aromatic rings. The molecule has 2 aliphatic rings. The van der Waals surface area contributed by atoms with E-state index in [9.17, 15) is 13.2 Å². The lowest BCUT2D eigenvalue weighted by Crippen LogP contribution is -2.42. The number of carbonyl (C=O) groups excluding carboxylic acids is 1. The van der Waals surface area contributed by atoms with Crippen molar-refractivity contribution in [2.75, 3.05) is 30.9 Å². The van der Waals surface area contributed by atoms with E-state index in [2.05, 4.69) is 9.62 Å². The fourth-order valence-electron chi connectivity index (χ4n) is 4.30. The van der Waals surface area contributed by atoms with Gasteiger partial charge in [0.25, 0.3) is 15.9 Å². The molecule has 0 radical (unpaired) electrons. The number of carbonyl (C=O) groups is 1. The first-order valence-electron chi connectivity index (χ1n) is 10.4. The van der Waals surface area contributed by atoms with Gasteiger partial charge in [0.1, 0.15) is 4.90 Å². The summed E-state index contributed by atoms with van der Waals surface area (Å²) in [4.78, 5) is 17.4. The Morgan fingerprint density at radius 3 is 2.42 bits per heavy atom. The Labute approximate surface area is 193 Å². The third kappa shape index (κ3) is 5.17. The molecule has 6 nitrogen and oxygen atoms in total. The van der Waals surface area contributed by atoms with E-state index in [-0.39, 0.29) is 26.9 Å². The summed E-state index contributed by atoms with van der Waals surface area (Å²) in [5.41, 5.74) is 0.902. The zero-order valence-electron chi connectivity index (χ0n) is 17.1. The molecular weight excluding hydrogens is 457 g/mol. The predicted molar refractivity (Wildman–Crippen MR) is 123 cm³/mol. The van der Waals surface area contributed by atoms with Crippen molar-refractivity contribution in [1.29, 1.82) is 0 Å². The van der Waals surface area contributed by atoms with Crippen molar-refractivity contribution < 1.29 is 13.2 Å². The third-order valence-electron chi connectivity index (χ3n) is 5.87. The summed E-state index contributed by atoms with van der Waals surface area (Å²) < 4.78 is 27.8. The van der Waals surface area contributed by atoms with Gasteiger partial charge in [0.05, 0.1) is 5.02 Å². The van der Waals surface area contributed by atoms with Crippen LogP contribution < -0.4 is 4.72 Å². The summed E-state index contributed by atoms with van der Waals surface area (Å²) in [5, 5.41) is 0.363. The molecule has 1 atom stereocenters. The smallest absolute Gasteiger partial charge is 0.263 e. The molecule has 0 bridgehead atoms. The minimum atomic E-state index is -3.90. The predicted octanol–water partition coefficient (Wildman–Crippen LogP) is 4.49. The van der Waals surface area contributed by atoms with E-state index in [1.54, 1.807) is 24.3 Å². The maximum absolute atomic E-state index is 13.1. The highest BCUT2D eigenvalue weighted by molar-refractivity contribution is 7.92. The van der Waals surface area contributed by atoms with Crippen LogP contribution in [0.1, 0.15) is 36.0 Å². The third-order valence-corrected chi connectivity index (χ3v) is 7.97. The number of rotatable bonds is 6. The molecule has 166 valence electrons. The number of amides is 1. The summed E-state index contributed by atoms with van der Waals surface area (Å²) >= 11 is 11.9. The molecule has 0 aromatic heterocycles. The van der Waals surface area contributed by atoms with Crippen molar-refractivity contribution in [2.45, 2.75) is 36.6 Å². The number of hydrogen-bond acceptors (Lipinski definition) is 4. The number of nitrogens with one attached hydrogen (secondary N) is 1. The fourth-order valence-corrected chi connectivity index (χ4v) is 6.12. The van der Waals surface area contributed by atoms with Crippen LogP contribution in [0.4, 0.5) is 5.69 Å². The largest absolute Gasteiger partial charge is 0.334 e. The van der Waals surface area contributed by atoms with Crippen molar-refractivity contribution in [3.8, 4) is 0 Å². The topological polar surface area (TPSA) is 69.7 Å². The number of likely N-dealkylation sites (tertiary alicyclic amines) is 2. The second-order valence-corrected chi connectivity index (χ2v) is 10.6. The second-order valence-electron chi connectivity index (χ2n) is 8.06. The Morgan fingerprint density at radius 1 is 1.00 bits per heavy atom. The van der Waals surface area contributed by atoms with Crippen molar-refractivity contribution in [3.05, 3.63) is 58.1 Å². The molecule has 1 unspecified atom stereocenters. The second kappa shape index (κ2) is 9.36. The molecule has 0 spiro atoms. The van der Waals surface area contributed by atoms with Crippen molar-refractivity contribution in [3.63, 3.8) is 0 Å². The minimum Gasteiger partial charge on any atom is -0.334 e. The van der Waals surface area contributed by atoms with Crippen LogP contribution in [0.15, 0.2) is 47.4 Å². The molecule has 2 fully saturated rings. The van der Waals surface area contributed by atoms with Crippen LogP contribution in [0.5, 0.6) is 0 Å². The van der Waals surface area contributed by atoms with E-state index in [1.165, 1.54) is 31.0 Å². The van der Waals surface area contributed by atoms with Crippen LogP contribution in [-0.2, 0) is 10.0 Å². The van der Waals surface area contributed by atoms with Gasteiger partial charge in [0, 0.05) is 35.4 Å². The summed E-state index contributed by atoms with van der Waals surface area (Å²) in [6, 6.07) is 11.0. The number of hydrogen-bond donors (Lipinski definition) is 1. The van der Waals surface area contributed by atoms with Crippen molar-refractivity contribution in [2.24, 2.45) is 0 Å². The molecule has 1 N–H and O–H groups in total. The SMILES string of the molecule is O=C(c1ccc(NS(=O)(=O)c2cc(Cl)ccc2Cl)cc1)N1CCCC1CN1CCCC1. The van der Waals surface area contributed by atoms with Gasteiger partial charge in [-0.15, -0.1) is 0 Å². The molecule has 9 heteroatoms. The Balaban J connectivity index is 1.45. The summed E-state index contributed by atoms with van der Waals surface area (Å²) in [7, 11) is -3.90. The van der Waals surface area contributed by atoms with Crippen LogP contribution in [0.2, 0.25) is 10.0 Å². The Kier molecular flexibility index (Phi) is 6.77. The molecule has 2 saturated heterocycles. The Bertz CT molecular complexity index is 1050. The summed E-state index contributed by atoms with van der Waals surface area (Å²) in [6.45, 7) is 3.93. The first-order chi connectivity index (χ1) is 14.8. The van der Waals surface area contributed by atoms with Gasteiger partial charge < -0.3 is 9.80 Å². The van der Waals surface area contributed by atoms with Crippen LogP contribution in [0.25, 0.3) is 0 Å². The monoisotopic (exact) mass is 481 g/mol. The zero-order valence-corrected chi connectivity index (χ0v) is 19.4. The molecule has 4 rings (SSSR count). The molecular formula is C22H25Cl2N3O3S. The van der Waals surface area contributed by atoms with Crippen LogP contribution in [-0.4, -0.2) is 56.3 Å². The maximum Gasteiger partial charge on any atom is 0.263 e. The molecule has 2 aliphatic heterocycles. The van der Waals surface area contributed by atoms with Crippen LogP contribution in [0.3, 0.4) is 0 Å². The highest BCUT2D eigenvalue weighted by Gasteiger charge is 2.31. The lowest BCUT2D eigenvalue weighted by molar-refractivity contribution is 0.0709. The fraction of sp³-hybridized carbons (Fsp3) is 0.409. The standard InChI is InChI=1S/C22H25Cl2N3O3S/c23-17-7-10-20(24)21(14-17)31(29,30)25-18-8-5-16(6-9-18)22(28)27-13-3-4-19(27)15-26-11-1-2-12-26/h5-10,14,19,25H,1-4,11-13,15H2. The number of halogens is 2. The van der Waals surface area contributed by atoms with Gasteiger partial charge in [-0.2, -0.15) is 0 Å². The lowest BCUT2D eigenvalue weighted by Gasteiger charge is -2.28. The number of nitrogens with zero attached hydrogens (tertiary/aromatic N) is 2. The van der Waals surface area contributed by atoms with Gasteiger partial charge in [-0.1, -0.05) is 23.2 Å². The number of anilines is 1. The molecule has 0 aliphatic carbocycles. The van der Waals surface area contributed by atoms with Gasteiger partial charge in [0.15, 0.2) is 0 Å². The summed E-state index contributed by atoms with van der Waals surface area (Å²) in [5.74, 6) is -0.00557. The molecule has 2 aromatic carbocycles. The van der Waals surface area contributed by atoms with E-state index in [4.69, 9.17) is 23.2 Å². The van der Waals surface area contributed by atoms with Gasteiger partial charge in [-0.25, -0.2) is 8.42 Å². The zero-order chi connectivity index (χ0) is 22.0. The molecule has 2 heterocycles. The van der Waals surface area contributed by atoms with Crippen molar-refractivity contribution >= 4 is 44.8 Å². The first kappa shape index (κ1) is 22.4. The number of benzene rings is 2. The average molecular weight is 482 g/mol.